The van der Waals surface area contributed by atoms with E-state index < -0.39 is 5.56 Å². The van der Waals surface area contributed by atoms with Crippen LogP contribution in [-0.4, -0.2) is 27.5 Å². The first kappa shape index (κ1) is 12.7. The number of amides is 1. The molecule has 3 heterocycles. The summed E-state index contributed by atoms with van der Waals surface area (Å²) in [6, 6.07) is 6.81. The van der Waals surface area contributed by atoms with E-state index in [1.807, 2.05) is 18.2 Å². The lowest BCUT2D eigenvalue weighted by molar-refractivity contribution is 0.0564. The summed E-state index contributed by atoms with van der Waals surface area (Å²) in [5.74, 6) is -0.212. The summed E-state index contributed by atoms with van der Waals surface area (Å²) in [5, 5.41) is 2.15. The number of hydrogen-bond donors (Lipinski definition) is 1. The van der Waals surface area contributed by atoms with E-state index in [2.05, 4.69) is 10.1 Å². The van der Waals surface area contributed by atoms with Gasteiger partial charge < -0.3 is 9.42 Å². The number of carbonyl (C=O) groups excluding carboxylic acids is 1. The van der Waals surface area contributed by atoms with Gasteiger partial charge >= 0.3 is 0 Å². The van der Waals surface area contributed by atoms with Crippen LogP contribution in [0, 0.1) is 0 Å². The predicted octanol–water partition coefficient (Wildman–Crippen LogP) is 1.73. The van der Waals surface area contributed by atoms with Gasteiger partial charge in [0.2, 0.25) is 5.76 Å². The van der Waals surface area contributed by atoms with Gasteiger partial charge in [0.15, 0.2) is 0 Å². The number of nitrogens with zero attached hydrogens (tertiary/aromatic N) is 2. The highest BCUT2D eigenvalue weighted by Gasteiger charge is 2.31. The van der Waals surface area contributed by atoms with E-state index in [1.165, 1.54) is 6.07 Å². The summed E-state index contributed by atoms with van der Waals surface area (Å²) in [6.45, 7) is 0.648. The molecule has 1 aliphatic heterocycles. The van der Waals surface area contributed by atoms with Crippen molar-refractivity contribution in [3.63, 3.8) is 0 Å². The van der Waals surface area contributed by atoms with Crippen LogP contribution in [0.3, 0.4) is 0 Å². The van der Waals surface area contributed by atoms with Crippen LogP contribution in [0.25, 0.3) is 0 Å². The molecule has 0 aromatic carbocycles. The van der Waals surface area contributed by atoms with Gasteiger partial charge in [-0.1, -0.05) is 6.07 Å². The van der Waals surface area contributed by atoms with Crippen LogP contribution < -0.4 is 5.56 Å². The Morgan fingerprint density at radius 2 is 2.30 bits per heavy atom. The average molecular weight is 273 g/mol. The van der Waals surface area contributed by atoms with Gasteiger partial charge in [-0.25, -0.2) is 0 Å². The van der Waals surface area contributed by atoms with Gasteiger partial charge in [-0.3, -0.25) is 14.6 Å². The SMILES string of the molecule is O=C(c1cc(=O)[nH]o1)N1CCCC[C@H]1c1ccccn1. The number of nitrogens with one attached hydrogen (secondary N) is 1. The zero-order valence-electron chi connectivity index (χ0n) is 10.9. The van der Waals surface area contributed by atoms with Crippen LogP contribution in [0.5, 0.6) is 0 Å². The molecule has 0 saturated carbocycles. The normalized spacial score (nSPS) is 19.0. The van der Waals surface area contributed by atoms with Gasteiger partial charge in [-0.2, -0.15) is 5.16 Å². The van der Waals surface area contributed by atoms with Crippen molar-refractivity contribution in [1.29, 1.82) is 0 Å². The molecule has 6 heteroatoms. The quantitative estimate of drug-likeness (QED) is 0.903. The monoisotopic (exact) mass is 273 g/mol. The molecule has 1 aliphatic rings. The number of aromatic amines is 1. The third kappa shape index (κ3) is 2.36. The fourth-order valence-electron chi connectivity index (χ4n) is 2.59. The van der Waals surface area contributed by atoms with Crippen LogP contribution in [0.1, 0.15) is 41.6 Å². The van der Waals surface area contributed by atoms with Gasteiger partial charge in [-0.05, 0) is 31.4 Å². The number of hydrogen-bond acceptors (Lipinski definition) is 4. The second-order valence-corrected chi connectivity index (χ2v) is 4.84. The van der Waals surface area contributed by atoms with Gasteiger partial charge in [0, 0.05) is 12.7 Å². The molecule has 104 valence electrons. The molecule has 0 unspecified atom stereocenters. The van der Waals surface area contributed by atoms with Gasteiger partial charge in [0.05, 0.1) is 17.8 Å². The Morgan fingerprint density at radius 3 is 3.00 bits per heavy atom. The smallest absolute Gasteiger partial charge is 0.293 e. The summed E-state index contributed by atoms with van der Waals surface area (Å²) in [6.07, 6.45) is 4.60. The van der Waals surface area contributed by atoms with Crippen molar-refractivity contribution >= 4 is 5.91 Å². The third-order valence-corrected chi connectivity index (χ3v) is 3.53. The number of pyridine rings is 1. The van der Waals surface area contributed by atoms with E-state index in [-0.39, 0.29) is 17.7 Å². The molecule has 1 N–H and O–H groups in total. The highest BCUT2D eigenvalue weighted by molar-refractivity contribution is 5.91. The Bertz CT molecular complexity index is 647. The summed E-state index contributed by atoms with van der Waals surface area (Å²) in [5.41, 5.74) is 0.471. The number of aromatic nitrogens is 2. The third-order valence-electron chi connectivity index (χ3n) is 3.53. The minimum absolute atomic E-state index is 0.0535. The molecule has 0 radical (unpaired) electrons. The first-order valence-corrected chi connectivity index (χ1v) is 6.66. The molecular weight excluding hydrogens is 258 g/mol. The molecule has 0 spiro atoms. The Kier molecular flexibility index (Phi) is 3.37. The zero-order chi connectivity index (χ0) is 13.9. The molecule has 1 amide bonds. The molecule has 1 saturated heterocycles. The number of likely N-dealkylation sites (tertiary alicyclic amines) is 1. The lowest BCUT2D eigenvalue weighted by Crippen LogP contribution is -2.38. The Labute approximate surface area is 115 Å². The van der Waals surface area contributed by atoms with E-state index >= 15 is 0 Å². The van der Waals surface area contributed by atoms with E-state index in [9.17, 15) is 9.59 Å². The van der Waals surface area contributed by atoms with Crippen LogP contribution in [0.15, 0.2) is 39.8 Å². The minimum atomic E-state index is -0.403. The van der Waals surface area contributed by atoms with E-state index in [0.29, 0.717) is 6.54 Å². The van der Waals surface area contributed by atoms with Crippen molar-refractivity contribution in [3.8, 4) is 0 Å². The number of H-pyrrole nitrogens is 1. The van der Waals surface area contributed by atoms with Crippen LogP contribution in [0.4, 0.5) is 0 Å². The topological polar surface area (TPSA) is 79.2 Å². The molecular formula is C14H15N3O3. The number of carbonyl (C=O) groups is 1. The number of rotatable bonds is 2. The minimum Gasteiger partial charge on any atom is -0.373 e. The Hall–Kier alpha value is -2.37. The summed E-state index contributed by atoms with van der Waals surface area (Å²) in [4.78, 5) is 29.6. The first-order chi connectivity index (χ1) is 9.75. The summed E-state index contributed by atoms with van der Waals surface area (Å²) >= 11 is 0. The molecule has 1 atom stereocenters. The number of piperidine rings is 1. The van der Waals surface area contributed by atoms with Crippen molar-refractivity contribution in [3.05, 3.63) is 52.3 Å². The fourth-order valence-corrected chi connectivity index (χ4v) is 2.59. The Morgan fingerprint density at radius 1 is 1.40 bits per heavy atom. The van der Waals surface area contributed by atoms with Crippen molar-refractivity contribution in [2.45, 2.75) is 25.3 Å². The first-order valence-electron chi connectivity index (χ1n) is 6.66. The predicted molar refractivity (Wildman–Crippen MR) is 71.2 cm³/mol. The second kappa shape index (κ2) is 5.32. The maximum Gasteiger partial charge on any atom is 0.293 e. The van der Waals surface area contributed by atoms with Gasteiger partial charge in [0.25, 0.3) is 11.5 Å². The molecule has 6 nitrogen and oxygen atoms in total. The van der Waals surface area contributed by atoms with Crippen molar-refractivity contribution in [2.75, 3.05) is 6.54 Å². The van der Waals surface area contributed by atoms with Gasteiger partial charge in [-0.15, -0.1) is 0 Å². The largest absolute Gasteiger partial charge is 0.373 e. The molecule has 0 aliphatic carbocycles. The molecule has 0 bridgehead atoms. The lowest BCUT2D eigenvalue weighted by atomic mass is 9.98. The van der Waals surface area contributed by atoms with E-state index in [1.54, 1.807) is 11.1 Å². The molecule has 3 rings (SSSR count). The van der Waals surface area contributed by atoms with Crippen LogP contribution in [-0.2, 0) is 0 Å². The second-order valence-electron chi connectivity index (χ2n) is 4.84. The van der Waals surface area contributed by atoms with Crippen molar-refractivity contribution < 1.29 is 9.32 Å². The van der Waals surface area contributed by atoms with Crippen molar-refractivity contribution in [2.24, 2.45) is 0 Å². The summed E-state index contributed by atoms with van der Waals surface area (Å²) < 4.78 is 4.91. The fraction of sp³-hybridized carbons (Fsp3) is 0.357. The van der Waals surface area contributed by atoms with Gasteiger partial charge in [0.1, 0.15) is 0 Å². The average Bonchev–Trinajstić information content (AvgIpc) is 2.94. The summed E-state index contributed by atoms with van der Waals surface area (Å²) in [7, 11) is 0. The van der Waals surface area contributed by atoms with Crippen LogP contribution in [0.2, 0.25) is 0 Å². The molecule has 1 fully saturated rings. The highest BCUT2D eigenvalue weighted by atomic mass is 16.5. The van der Waals surface area contributed by atoms with Crippen molar-refractivity contribution in [1.82, 2.24) is 15.0 Å². The molecule has 2 aromatic rings. The van der Waals surface area contributed by atoms with E-state index in [4.69, 9.17) is 4.52 Å². The highest BCUT2D eigenvalue weighted by Crippen LogP contribution is 2.30. The maximum absolute atomic E-state index is 12.4. The Balaban J connectivity index is 1.89. The lowest BCUT2D eigenvalue weighted by Gasteiger charge is -2.34. The molecule has 2 aromatic heterocycles. The van der Waals surface area contributed by atoms with E-state index in [0.717, 1.165) is 25.0 Å². The molecule has 20 heavy (non-hydrogen) atoms. The standard InChI is InChI=1S/C14H15N3O3/c18-13-9-12(20-16-13)14(19)17-8-4-2-6-11(17)10-5-1-3-7-15-10/h1,3,5,7,9,11H,2,4,6,8H2,(H,16,18)/t11-/m0/s1. The zero-order valence-corrected chi connectivity index (χ0v) is 10.9. The van der Waals surface area contributed by atoms with Crippen LogP contribution >= 0.6 is 0 Å². The maximum atomic E-state index is 12.4.